The molecule has 1 N–H and O–H groups in total. The molecule has 16 heavy (non-hydrogen) atoms. The summed E-state index contributed by atoms with van der Waals surface area (Å²) < 4.78 is 0. The minimum Gasteiger partial charge on any atom is -0.296 e. The molecule has 1 heterocycles. The Hall–Kier alpha value is -1.16. The molecular weight excluding hydrogens is 270 g/mol. The van der Waals surface area contributed by atoms with Gasteiger partial charge in [-0.2, -0.15) is 0 Å². The van der Waals surface area contributed by atoms with Crippen LogP contribution in [0, 0.1) is 0 Å². The molecule has 0 aliphatic carbocycles. The molecule has 84 valence electrons. The van der Waals surface area contributed by atoms with E-state index in [1.807, 2.05) is 24.3 Å². The Balaban J connectivity index is 2.17. The van der Waals surface area contributed by atoms with E-state index in [1.165, 1.54) is 5.56 Å². The molecule has 2 rings (SSSR count). The molecular formula is C12H12BrNO2. The van der Waals surface area contributed by atoms with Crippen LogP contribution in [0.3, 0.4) is 0 Å². The van der Waals surface area contributed by atoms with E-state index in [1.54, 1.807) is 0 Å². The summed E-state index contributed by atoms with van der Waals surface area (Å²) in [5, 5.41) is 3.18. The Labute approximate surface area is 102 Å². The number of alkyl halides is 1. The van der Waals surface area contributed by atoms with Gasteiger partial charge in [0.1, 0.15) is 0 Å². The average Bonchev–Trinajstić information content (AvgIpc) is 2.29. The summed E-state index contributed by atoms with van der Waals surface area (Å²) in [6.07, 6.45) is 1.04. The Morgan fingerprint density at radius 1 is 1.25 bits per heavy atom. The molecule has 0 spiro atoms. The van der Waals surface area contributed by atoms with E-state index in [0.717, 1.165) is 10.9 Å². The Kier molecular flexibility index (Phi) is 3.39. The molecule has 1 atom stereocenters. The summed E-state index contributed by atoms with van der Waals surface area (Å²) in [5.41, 5.74) is 2.16. The normalized spacial score (nSPS) is 20.7. The van der Waals surface area contributed by atoms with Gasteiger partial charge in [-0.1, -0.05) is 40.2 Å². The highest BCUT2D eigenvalue weighted by molar-refractivity contribution is 9.08. The molecule has 3 nitrogen and oxygen atoms in total. The summed E-state index contributed by atoms with van der Waals surface area (Å²) in [4.78, 5) is 22.6. The quantitative estimate of drug-likeness (QED) is 0.667. The standard InChI is InChI=1S/C12H12BrNO2/c13-7-8-1-3-9(4-2-8)10-5-6-11(15)14-12(10)16/h1-4,10H,5-7H2,(H,14,15,16). The predicted molar refractivity (Wildman–Crippen MR) is 64.2 cm³/mol. The number of carbonyl (C=O) groups excluding carboxylic acids is 2. The maximum atomic E-state index is 11.6. The second-order valence-corrected chi connectivity index (χ2v) is 4.44. The smallest absolute Gasteiger partial charge is 0.234 e. The first-order chi connectivity index (χ1) is 7.70. The maximum Gasteiger partial charge on any atom is 0.234 e. The van der Waals surface area contributed by atoms with Crippen LogP contribution in [-0.2, 0) is 14.9 Å². The largest absolute Gasteiger partial charge is 0.296 e. The Morgan fingerprint density at radius 2 is 1.94 bits per heavy atom. The number of amides is 2. The first-order valence-electron chi connectivity index (χ1n) is 5.19. The van der Waals surface area contributed by atoms with Crippen molar-refractivity contribution in [2.24, 2.45) is 0 Å². The van der Waals surface area contributed by atoms with Crippen molar-refractivity contribution in [3.05, 3.63) is 35.4 Å². The van der Waals surface area contributed by atoms with Gasteiger partial charge in [-0.05, 0) is 17.5 Å². The predicted octanol–water partition coefficient (Wildman–Crippen LogP) is 2.10. The van der Waals surface area contributed by atoms with Gasteiger partial charge in [0.15, 0.2) is 0 Å². The van der Waals surface area contributed by atoms with Crippen molar-refractivity contribution >= 4 is 27.7 Å². The van der Waals surface area contributed by atoms with Gasteiger partial charge in [-0.15, -0.1) is 0 Å². The zero-order valence-electron chi connectivity index (χ0n) is 8.70. The first-order valence-corrected chi connectivity index (χ1v) is 6.31. The van der Waals surface area contributed by atoms with Gasteiger partial charge in [-0.3, -0.25) is 14.9 Å². The van der Waals surface area contributed by atoms with Crippen molar-refractivity contribution in [1.82, 2.24) is 5.32 Å². The summed E-state index contributed by atoms with van der Waals surface area (Å²) >= 11 is 3.37. The lowest BCUT2D eigenvalue weighted by Gasteiger charge is -2.21. The monoisotopic (exact) mass is 281 g/mol. The lowest BCUT2D eigenvalue weighted by molar-refractivity contribution is -0.134. The zero-order chi connectivity index (χ0) is 11.5. The Morgan fingerprint density at radius 3 is 2.50 bits per heavy atom. The molecule has 0 saturated carbocycles. The second-order valence-electron chi connectivity index (χ2n) is 3.88. The van der Waals surface area contributed by atoms with Crippen molar-refractivity contribution in [2.45, 2.75) is 24.1 Å². The second kappa shape index (κ2) is 4.78. The highest BCUT2D eigenvalue weighted by atomic mass is 79.9. The molecule has 1 aromatic carbocycles. The molecule has 2 amide bonds. The van der Waals surface area contributed by atoms with Gasteiger partial charge >= 0.3 is 0 Å². The van der Waals surface area contributed by atoms with Crippen molar-refractivity contribution in [1.29, 1.82) is 0 Å². The average molecular weight is 282 g/mol. The van der Waals surface area contributed by atoms with Crippen LogP contribution in [0.15, 0.2) is 24.3 Å². The molecule has 1 saturated heterocycles. The lowest BCUT2D eigenvalue weighted by atomic mass is 9.90. The van der Waals surface area contributed by atoms with E-state index in [4.69, 9.17) is 0 Å². The lowest BCUT2D eigenvalue weighted by Crippen LogP contribution is -2.39. The van der Waals surface area contributed by atoms with Crippen LogP contribution in [-0.4, -0.2) is 11.8 Å². The van der Waals surface area contributed by atoms with Gasteiger partial charge in [0.25, 0.3) is 0 Å². The van der Waals surface area contributed by atoms with Crippen molar-refractivity contribution in [3.8, 4) is 0 Å². The van der Waals surface area contributed by atoms with Crippen molar-refractivity contribution < 1.29 is 9.59 Å². The first kappa shape index (κ1) is 11.3. The van der Waals surface area contributed by atoms with E-state index in [-0.39, 0.29) is 17.7 Å². The SMILES string of the molecule is O=C1CCC(c2ccc(CBr)cc2)C(=O)N1. The number of halogens is 1. The Bertz CT molecular complexity index is 414. The number of rotatable bonds is 2. The number of piperidine rings is 1. The molecule has 0 bridgehead atoms. The van der Waals surface area contributed by atoms with Gasteiger partial charge < -0.3 is 0 Å². The molecule has 1 fully saturated rings. The third-order valence-electron chi connectivity index (χ3n) is 2.78. The number of nitrogens with one attached hydrogen (secondary N) is 1. The minimum atomic E-state index is -0.179. The topological polar surface area (TPSA) is 46.2 Å². The van der Waals surface area contributed by atoms with Crippen LogP contribution in [0.5, 0.6) is 0 Å². The molecule has 1 unspecified atom stereocenters. The maximum absolute atomic E-state index is 11.6. The van der Waals surface area contributed by atoms with Gasteiger partial charge in [0.05, 0.1) is 5.92 Å². The number of hydrogen-bond donors (Lipinski definition) is 1. The highest BCUT2D eigenvalue weighted by Gasteiger charge is 2.27. The molecule has 1 aromatic rings. The van der Waals surface area contributed by atoms with Gasteiger partial charge in [0.2, 0.25) is 11.8 Å². The van der Waals surface area contributed by atoms with E-state index < -0.39 is 0 Å². The fraction of sp³-hybridized carbons (Fsp3) is 0.333. The molecule has 1 aliphatic rings. The van der Waals surface area contributed by atoms with Crippen LogP contribution in [0.1, 0.15) is 29.9 Å². The van der Waals surface area contributed by atoms with Gasteiger partial charge in [0, 0.05) is 11.8 Å². The van der Waals surface area contributed by atoms with E-state index in [0.29, 0.717) is 12.8 Å². The van der Waals surface area contributed by atoms with Crippen molar-refractivity contribution in [2.75, 3.05) is 0 Å². The minimum absolute atomic E-state index is 0.168. The van der Waals surface area contributed by atoms with Crippen LogP contribution in [0.4, 0.5) is 0 Å². The molecule has 0 radical (unpaired) electrons. The molecule has 4 heteroatoms. The molecule has 1 aliphatic heterocycles. The van der Waals surface area contributed by atoms with Crippen molar-refractivity contribution in [3.63, 3.8) is 0 Å². The number of imide groups is 1. The summed E-state index contributed by atoms with van der Waals surface area (Å²) in [5.74, 6) is -0.525. The van der Waals surface area contributed by atoms with Crippen LogP contribution < -0.4 is 5.32 Å². The van der Waals surface area contributed by atoms with E-state index >= 15 is 0 Å². The van der Waals surface area contributed by atoms with E-state index in [9.17, 15) is 9.59 Å². The number of carbonyl (C=O) groups is 2. The molecule has 0 aromatic heterocycles. The summed E-state index contributed by atoms with van der Waals surface area (Å²) in [7, 11) is 0. The fourth-order valence-corrected chi connectivity index (χ4v) is 2.22. The number of hydrogen-bond acceptors (Lipinski definition) is 2. The van der Waals surface area contributed by atoms with Crippen LogP contribution in [0.25, 0.3) is 0 Å². The third-order valence-corrected chi connectivity index (χ3v) is 3.42. The summed E-state index contributed by atoms with van der Waals surface area (Å²) in [6.45, 7) is 0. The van der Waals surface area contributed by atoms with E-state index in [2.05, 4.69) is 21.2 Å². The van der Waals surface area contributed by atoms with Crippen LogP contribution >= 0.6 is 15.9 Å². The van der Waals surface area contributed by atoms with Gasteiger partial charge in [-0.25, -0.2) is 0 Å². The van der Waals surface area contributed by atoms with Crippen LogP contribution in [0.2, 0.25) is 0 Å². The highest BCUT2D eigenvalue weighted by Crippen LogP contribution is 2.25. The third kappa shape index (κ3) is 2.32. The fourth-order valence-electron chi connectivity index (χ4n) is 1.85. The number of benzene rings is 1. The zero-order valence-corrected chi connectivity index (χ0v) is 10.3. The summed E-state index contributed by atoms with van der Waals surface area (Å²) in [6, 6.07) is 7.90.